The smallest absolute Gasteiger partial charge is 0.256 e. The second-order valence-corrected chi connectivity index (χ2v) is 8.49. The van der Waals surface area contributed by atoms with Crippen molar-refractivity contribution in [2.45, 2.75) is 38.4 Å². The monoisotopic (exact) mass is 416 g/mol. The summed E-state index contributed by atoms with van der Waals surface area (Å²) in [6, 6.07) is 7.83. The number of carbonyl (C=O) groups is 1. The van der Waals surface area contributed by atoms with Gasteiger partial charge in [-0.15, -0.1) is 0 Å². The van der Waals surface area contributed by atoms with Crippen LogP contribution in [0.15, 0.2) is 61.4 Å². The molecule has 0 radical (unpaired) electrons. The predicted octanol–water partition coefficient (Wildman–Crippen LogP) is 3.17. The van der Waals surface area contributed by atoms with Crippen LogP contribution >= 0.6 is 0 Å². The molecule has 5 heterocycles. The Balaban J connectivity index is 1.36. The zero-order valence-electron chi connectivity index (χ0n) is 17.7. The maximum Gasteiger partial charge on any atom is 0.256 e. The summed E-state index contributed by atoms with van der Waals surface area (Å²) in [5.41, 5.74) is 1.90. The van der Waals surface area contributed by atoms with Crippen LogP contribution in [0.25, 0.3) is 0 Å². The zero-order chi connectivity index (χ0) is 21.0. The summed E-state index contributed by atoms with van der Waals surface area (Å²) in [6.45, 7) is 4.62. The molecule has 0 spiro atoms. The SMILES string of the molecule is O=C(c1cccnc1)N1CCCn2ccnc2C1C1CCN(Cc2cccnc2)CC1. The van der Waals surface area contributed by atoms with Gasteiger partial charge in [-0.2, -0.15) is 0 Å². The van der Waals surface area contributed by atoms with Gasteiger partial charge < -0.3 is 9.47 Å². The Morgan fingerprint density at radius 1 is 0.968 bits per heavy atom. The number of nitrogens with zero attached hydrogens (tertiary/aromatic N) is 6. The van der Waals surface area contributed by atoms with E-state index in [1.165, 1.54) is 5.56 Å². The number of likely N-dealkylation sites (tertiary alicyclic amines) is 1. The van der Waals surface area contributed by atoms with Gasteiger partial charge in [-0.05, 0) is 62.0 Å². The Labute approximate surface area is 182 Å². The fourth-order valence-corrected chi connectivity index (χ4v) is 4.99. The molecule has 7 nitrogen and oxygen atoms in total. The Kier molecular flexibility index (Phi) is 5.76. The maximum absolute atomic E-state index is 13.5. The average molecular weight is 417 g/mol. The first-order chi connectivity index (χ1) is 15.3. The minimum Gasteiger partial charge on any atom is -0.333 e. The lowest BCUT2D eigenvalue weighted by molar-refractivity contribution is 0.0500. The summed E-state index contributed by atoms with van der Waals surface area (Å²) in [5.74, 6) is 1.48. The summed E-state index contributed by atoms with van der Waals surface area (Å²) >= 11 is 0. The molecule has 1 saturated heterocycles. The van der Waals surface area contributed by atoms with Gasteiger partial charge in [0.05, 0.1) is 11.6 Å². The zero-order valence-corrected chi connectivity index (χ0v) is 17.7. The van der Waals surface area contributed by atoms with E-state index in [0.29, 0.717) is 11.5 Å². The van der Waals surface area contributed by atoms with E-state index in [1.54, 1.807) is 12.4 Å². The first kappa shape index (κ1) is 19.9. The Hall–Kier alpha value is -3.06. The summed E-state index contributed by atoms with van der Waals surface area (Å²) in [5, 5.41) is 0. The number of hydrogen-bond acceptors (Lipinski definition) is 5. The van der Waals surface area contributed by atoms with E-state index in [2.05, 4.69) is 36.6 Å². The molecule has 1 unspecified atom stereocenters. The molecule has 0 N–H and O–H groups in total. The van der Waals surface area contributed by atoms with Gasteiger partial charge in [0.1, 0.15) is 5.82 Å². The number of pyridine rings is 2. The minimum atomic E-state index is 0.00532. The van der Waals surface area contributed by atoms with Crippen molar-refractivity contribution < 1.29 is 4.79 Å². The number of aryl methyl sites for hydroxylation is 1. The third-order valence-electron chi connectivity index (χ3n) is 6.52. The first-order valence-electron chi connectivity index (χ1n) is 11.1. The summed E-state index contributed by atoms with van der Waals surface area (Å²) in [7, 11) is 0. The molecule has 0 saturated carbocycles. The predicted molar refractivity (Wildman–Crippen MR) is 117 cm³/mol. The van der Waals surface area contributed by atoms with Gasteiger partial charge in [0.25, 0.3) is 5.91 Å². The average Bonchev–Trinajstić information content (AvgIpc) is 3.20. The molecule has 1 amide bonds. The second kappa shape index (κ2) is 8.98. The van der Waals surface area contributed by atoms with E-state index in [-0.39, 0.29) is 11.9 Å². The van der Waals surface area contributed by atoms with Gasteiger partial charge in [-0.3, -0.25) is 19.7 Å². The number of amides is 1. The standard InChI is InChI=1S/C24H28N6O/c31-24(21-5-2-9-26-17-21)30-12-3-11-29-15-10-27-23(29)22(30)20-6-13-28(14-7-20)18-19-4-1-8-25-16-19/h1-2,4-5,8-10,15-17,20,22H,3,6-7,11-14,18H2. The van der Waals surface area contributed by atoms with Gasteiger partial charge in [-0.25, -0.2) is 4.98 Å². The van der Waals surface area contributed by atoms with Crippen molar-refractivity contribution in [1.29, 1.82) is 0 Å². The molecular formula is C24H28N6O. The number of fused-ring (bicyclic) bond motifs is 1. The lowest BCUT2D eigenvalue weighted by atomic mass is 9.87. The summed E-state index contributed by atoms with van der Waals surface area (Å²) in [6.07, 6.45) is 14.1. The Bertz CT molecular complexity index is 997. The summed E-state index contributed by atoms with van der Waals surface area (Å²) in [4.78, 5) is 31.1. The minimum absolute atomic E-state index is 0.00532. The molecule has 5 rings (SSSR count). The molecule has 3 aromatic heterocycles. The molecule has 1 atom stereocenters. The van der Waals surface area contributed by atoms with Gasteiger partial charge in [0.15, 0.2) is 0 Å². The number of piperidine rings is 1. The molecule has 0 aliphatic carbocycles. The van der Waals surface area contributed by atoms with Crippen LogP contribution in [0.5, 0.6) is 0 Å². The van der Waals surface area contributed by atoms with Crippen molar-refractivity contribution in [3.63, 3.8) is 0 Å². The van der Waals surface area contributed by atoms with Gasteiger partial charge >= 0.3 is 0 Å². The number of imidazole rings is 1. The highest BCUT2D eigenvalue weighted by molar-refractivity contribution is 5.94. The van der Waals surface area contributed by atoms with Crippen LogP contribution in [-0.4, -0.2) is 54.9 Å². The van der Waals surface area contributed by atoms with E-state index < -0.39 is 0 Å². The van der Waals surface area contributed by atoms with Gasteiger partial charge in [-0.1, -0.05) is 6.07 Å². The number of hydrogen-bond donors (Lipinski definition) is 0. The quantitative estimate of drug-likeness (QED) is 0.654. The Morgan fingerprint density at radius 2 is 1.77 bits per heavy atom. The molecule has 0 aromatic carbocycles. The molecule has 3 aromatic rings. The lowest BCUT2D eigenvalue weighted by Crippen LogP contribution is -2.43. The largest absolute Gasteiger partial charge is 0.333 e. The molecule has 2 aliphatic rings. The molecular weight excluding hydrogens is 388 g/mol. The highest BCUT2D eigenvalue weighted by Crippen LogP contribution is 2.37. The van der Waals surface area contributed by atoms with Crippen LogP contribution in [0.4, 0.5) is 0 Å². The van der Waals surface area contributed by atoms with Crippen LogP contribution in [0, 0.1) is 5.92 Å². The third-order valence-corrected chi connectivity index (χ3v) is 6.52. The molecule has 7 heteroatoms. The highest BCUT2D eigenvalue weighted by Gasteiger charge is 2.38. The number of carbonyl (C=O) groups excluding carboxylic acids is 1. The number of aromatic nitrogens is 4. The molecule has 1 fully saturated rings. The van der Waals surface area contributed by atoms with E-state index in [4.69, 9.17) is 4.98 Å². The number of rotatable bonds is 4. The van der Waals surface area contributed by atoms with E-state index in [9.17, 15) is 4.79 Å². The van der Waals surface area contributed by atoms with Crippen LogP contribution in [-0.2, 0) is 13.1 Å². The van der Waals surface area contributed by atoms with Crippen LogP contribution in [0.1, 0.15) is 47.1 Å². The Morgan fingerprint density at radius 3 is 2.52 bits per heavy atom. The van der Waals surface area contributed by atoms with E-state index in [0.717, 1.165) is 57.8 Å². The van der Waals surface area contributed by atoms with Crippen LogP contribution in [0.2, 0.25) is 0 Å². The van der Waals surface area contributed by atoms with Crippen LogP contribution < -0.4 is 0 Å². The fourth-order valence-electron chi connectivity index (χ4n) is 4.99. The van der Waals surface area contributed by atoms with Crippen molar-refractivity contribution in [2.75, 3.05) is 19.6 Å². The van der Waals surface area contributed by atoms with Crippen LogP contribution in [0.3, 0.4) is 0 Å². The maximum atomic E-state index is 13.5. The molecule has 0 bridgehead atoms. The van der Waals surface area contributed by atoms with Gasteiger partial charge in [0, 0.05) is 56.8 Å². The first-order valence-corrected chi connectivity index (χ1v) is 11.1. The molecule has 31 heavy (non-hydrogen) atoms. The summed E-state index contributed by atoms with van der Waals surface area (Å²) < 4.78 is 2.24. The van der Waals surface area contributed by atoms with E-state index in [1.807, 2.05) is 36.8 Å². The van der Waals surface area contributed by atoms with Crippen molar-refractivity contribution in [3.05, 3.63) is 78.4 Å². The van der Waals surface area contributed by atoms with Gasteiger partial charge in [0.2, 0.25) is 0 Å². The van der Waals surface area contributed by atoms with E-state index >= 15 is 0 Å². The van der Waals surface area contributed by atoms with Crippen molar-refractivity contribution in [3.8, 4) is 0 Å². The van der Waals surface area contributed by atoms with Crippen molar-refractivity contribution in [1.82, 2.24) is 29.3 Å². The lowest BCUT2D eigenvalue weighted by Gasteiger charge is -2.40. The highest BCUT2D eigenvalue weighted by atomic mass is 16.2. The van der Waals surface area contributed by atoms with Crippen molar-refractivity contribution >= 4 is 5.91 Å². The fraction of sp³-hybridized carbons (Fsp3) is 0.417. The molecule has 160 valence electrons. The third kappa shape index (κ3) is 4.23. The topological polar surface area (TPSA) is 67.2 Å². The second-order valence-electron chi connectivity index (χ2n) is 8.49. The normalized spacial score (nSPS) is 20.3. The molecule has 2 aliphatic heterocycles. The van der Waals surface area contributed by atoms with Crippen molar-refractivity contribution in [2.24, 2.45) is 5.92 Å².